The zero-order valence-corrected chi connectivity index (χ0v) is 15.7. The molecule has 1 amide bonds. The predicted molar refractivity (Wildman–Crippen MR) is 99.6 cm³/mol. The monoisotopic (exact) mass is 361 g/mol. The minimum absolute atomic E-state index is 0.00433. The fourth-order valence-electron chi connectivity index (χ4n) is 2.66. The molecule has 2 aromatic rings. The number of hydrogen-bond donors (Lipinski definition) is 1. The average molecular weight is 361 g/mol. The van der Waals surface area contributed by atoms with Crippen LogP contribution in [0.3, 0.4) is 0 Å². The Bertz CT molecular complexity index is 871. The first-order chi connectivity index (χ1) is 11.7. The first kappa shape index (κ1) is 19.0. The number of sulfone groups is 1. The third-order valence-electron chi connectivity index (χ3n) is 4.07. The van der Waals surface area contributed by atoms with Crippen LogP contribution in [0.25, 0.3) is 0 Å². The highest BCUT2D eigenvalue weighted by molar-refractivity contribution is 7.91. The summed E-state index contributed by atoms with van der Waals surface area (Å²) in [6.45, 7) is 7.50. The molecule has 0 aliphatic rings. The van der Waals surface area contributed by atoms with Gasteiger partial charge in [0.2, 0.25) is 0 Å². The van der Waals surface area contributed by atoms with Crippen LogP contribution in [0.5, 0.6) is 0 Å². The summed E-state index contributed by atoms with van der Waals surface area (Å²) in [5.41, 5.74) is 2.87. The normalized spacial score (nSPS) is 11.6. The lowest BCUT2D eigenvalue weighted by molar-refractivity contribution is 0.204. The zero-order chi connectivity index (χ0) is 18.8. The number of carbonyl (C=O) groups is 1. The molecule has 0 fully saturated rings. The molecule has 2 rings (SSSR count). The van der Waals surface area contributed by atoms with E-state index in [0.29, 0.717) is 11.4 Å². The Morgan fingerprint density at radius 3 is 2.20 bits per heavy atom. The quantitative estimate of drug-likeness (QED) is 0.835. The van der Waals surface area contributed by atoms with Gasteiger partial charge in [-0.3, -0.25) is 0 Å². The summed E-state index contributed by atoms with van der Waals surface area (Å²) in [6.07, 6.45) is -1.11. The first-order valence-electron chi connectivity index (χ1n) is 8.13. The molecule has 0 saturated carbocycles. The second-order valence-electron chi connectivity index (χ2n) is 6.23. The van der Waals surface area contributed by atoms with Gasteiger partial charge >= 0.3 is 6.09 Å². The lowest BCUT2D eigenvalue weighted by Crippen LogP contribution is -2.25. The molecular formula is C19H23NO4S. The van der Waals surface area contributed by atoms with Crippen molar-refractivity contribution in [3.05, 3.63) is 53.6 Å². The van der Waals surface area contributed by atoms with Crippen molar-refractivity contribution in [1.29, 1.82) is 0 Å². The summed E-state index contributed by atoms with van der Waals surface area (Å²) in [5.74, 6) is 0.155. The second-order valence-corrected chi connectivity index (χ2v) is 8.51. The van der Waals surface area contributed by atoms with Gasteiger partial charge in [-0.1, -0.05) is 32.9 Å². The molecule has 0 aromatic heterocycles. The number of aryl methyl sites for hydroxylation is 1. The van der Waals surface area contributed by atoms with E-state index in [1.807, 2.05) is 39.0 Å². The van der Waals surface area contributed by atoms with Crippen LogP contribution < -0.4 is 4.90 Å². The van der Waals surface area contributed by atoms with Gasteiger partial charge in [-0.2, -0.15) is 0 Å². The molecule has 0 atom stereocenters. The first-order valence-corrected chi connectivity index (χ1v) is 9.79. The van der Waals surface area contributed by atoms with E-state index in [1.165, 1.54) is 29.2 Å². The molecule has 2 aromatic carbocycles. The van der Waals surface area contributed by atoms with Crippen molar-refractivity contribution in [2.45, 2.75) is 38.5 Å². The van der Waals surface area contributed by atoms with Crippen molar-refractivity contribution >= 4 is 27.3 Å². The predicted octanol–water partition coefficient (Wildman–Crippen LogP) is 4.73. The van der Waals surface area contributed by atoms with E-state index in [0.717, 1.165) is 11.1 Å². The van der Waals surface area contributed by atoms with Gasteiger partial charge in [-0.15, -0.1) is 0 Å². The van der Waals surface area contributed by atoms with E-state index in [-0.39, 0.29) is 16.6 Å². The van der Waals surface area contributed by atoms with E-state index in [2.05, 4.69) is 0 Å². The van der Waals surface area contributed by atoms with Crippen LogP contribution in [0.15, 0.2) is 47.4 Å². The summed E-state index contributed by atoms with van der Waals surface area (Å²) >= 11 is 0. The molecule has 0 bridgehead atoms. The van der Waals surface area contributed by atoms with Gasteiger partial charge in [0, 0.05) is 0 Å². The van der Waals surface area contributed by atoms with Crippen LogP contribution in [0, 0.1) is 6.92 Å². The third-order valence-corrected chi connectivity index (χ3v) is 5.82. The lowest BCUT2D eigenvalue weighted by Gasteiger charge is -2.24. The van der Waals surface area contributed by atoms with Crippen LogP contribution >= 0.6 is 0 Å². The summed E-state index contributed by atoms with van der Waals surface area (Å²) in [6, 6.07) is 11.7. The minimum Gasteiger partial charge on any atom is -0.464 e. The van der Waals surface area contributed by atoms with Gasteiger partial charge < -0.3 is 5.11 Å². The molecular weight excluding hydrogens is 338 g/mol. The van der Waals surface area contributed by atoms with E-state index >= 15 is 0 Å². The van der Waals surface area contributed by atoms with Crippen molar-refractivity contribution in [1.82, 2.24) is 0 Å². The maximum atomic E-state index is 11.9. The number of benzene rings is 2. The highest BCUT2D eigenvalue weighted by Gasteiger charge is 2.22. The van der Waals surface area contributed by atoms with Crippen LogP contribution in [-0.4, -0.2) is 25.4 Å². The van der Waals surface area contributed by atoms with Gasteiger partial charge in [-0.25, -0.2) is 18.1 Å². The number of anilines is 2. The van der Waals surface area contributed by atoms with Gasteiger partial charge in [0.25, 0.3) is 0 Å². The molecule has 0 saturated heterocycles. The molecule has 0 spiro atoms. The molecule has 6 heteroatoms. The number of hydrogen-bond acceptors (Lipinski definition) is 3. The van der Waals surface area contributed by atoms with Gasteiger partial charge in [0.1, 0.15) is 0 Å². The number of rotatable bonds is 5. The van der Waals surface area contributed by atoms with E-state index in [1.54, 1.807) is 6.92 Å². The van der Waals surface area contributed by atoms with Crippen molar-refractivity contribution in [2.24, 2.45) is 0 Å². The Hall–Kier alpha value is -2.34. The number of carboxylic acid groups (broad SMARTS) is 1. The minimum atomic E-state index is -3.32. The topological polar surface area (TPSA) is 74.7 Å². The molecule has 0 aliphatic heterocycles. The summed E-state index contributed by atoms with van der Waals surface area (Å²) in [4.78, 5) is 13.3. The molecule has 0 unspecified atom stereocenters. The summed E-state index contributed by atoms with van der Waals surface area (Å²) in [7, 11) is -3.32. The average Bonchev–Trinajstić information content (AvgIpc) is 2.55. The fraction of sp³-hybridized carbons (Fsp3) is 0.316. The van der Waals surface area contributed by atoms with Crippen LogP contribution in [-0.2, 0) is 9.84 Å². The molecule has 25 heavy (non-hydrogen) atoms. The van der Waals surface area contributed by atoms with Crippen LogP contribution in [0.2, 0.25) is 0 Å². The van der Waals surface area contributed by atoms with Crippen LogP contribution in [0.1, 0.15) is 37.8 Å². The van der Waals surface area contributed by atoms with Crippen molar-refractivity contribution in [3.63, 3.8) is 0 Å². The summed E-state index contributed by atoms with van der Waals surface area (Å²) in [5, 5.41) is 9.76. The molecule has 0 radical (unpaired) electrons. The highest BCUT2D eigenvalue weighted by atomic mass is 32.2. The number of nitrogens with zero attached hydrogens (tertiary/aromatic N) is 1. The molecule has 134 valence electrons. The maximum absolute atomic E-state index is 11.9. The zero-order valence-electron chi connectivity index (χ0n) is 14.9. The lowest BCUT2D eigenvalue weighted by atomic mass is 9.98. The van der Waals surface area contributed by atoms with E-state index in [9.17, 15) is 18.3 Å². The van der Waals surface area contributed by atoms with Crippen LogP contribution in [0.4, 0.5) is 16.2 Å². The van der Waals surface area contributed by atoms with Gasteiger partial charge in [0.15, 0.2) is 9.84 Å². The third kappa shape index (κ3) is 4.02. The molecule has 0 aliphatic carbocycles. The van der Waals surface area contributed by atoms with Crippen molar-refractivity contribution in [2.75, 3.05) is 10.7 Å². The number of amides is 1. The smallest absolute Gasteiger partial charge is 0.416 e. The van der Waals surface area contributed by atoms with Crippen molar-refractivity contribution < 1.29 is 18.3 Å². The Labute approximate surface area is 148 Å². The van der Waals surface area contributed by atoms with Gasteiger partial charge in [-0.05, 0) is 54.3 Å². The van der Waals surface area contributed by atoms with Gasteiger partial charge in [0.05, 0.1) is 22.0 Å². The Balaban J connectivity index is 2.57. The SMILES string of the molecule is CCS(=O)(=O)c1ccc(N(C(=O)O)c2cc(C)ccc2C(C)C)cc1. The molecule has 5 nitrogen and oxygen atoms in total. The molecule has 0 heterocycles. The van der Waals surface area contributed by atoms with Crippen molar-refractivity contribution in [3.8, 4) is 0 Å². The molecule has 1 N–H and O–H groups in total. The standard InChI is InChI=1S/C19H23NO4S/c1-5-25(23,24)16-9-7-15(8-10-16)20(19(21)22)18-12-14(4)6-11-17(18)13(2)3/h6-13H,5H2,1-4H3,(H,21,22). The largest absolute Gasteiger partial charge is 0.464 e. The van der Waals surface area contributed by atoms with E-state index < -0.39 is 15.9 Å². The Morgan fingerprint density at radius 2 is 1.72 bits per heavy atom. The Kier molecular flexibility index (Phi) is 5.52. The maximum Gasteiger partial charge on any atom is 0.416 e. The highest BCUT2D eigenvalue weighted by Crippen LogP contribution is 2.34. The Morgan fingerprint density at radius 1 is 1.12 bits per heavy atom. The second kappa shape index (κ2) is 7.27. The van der Waals surface area contributed by atoms with E-state index in [4.69, 9.17) is 0 Å². The summed E-state index contributed by atoms with van der Waals surface area (Å²) < 4.78 is 23.9. The fourth-order valence-corrected chi connectivity index (χ4v) is 3.54.